The zero-order valence-electron chi connectivity index (χ0n) is 6.69. The average Bonchev–Trinajstić information content (AvgIpc) is 2.51. The van der Waals surface area contributed by atoms with Crippen molar-refractivity contribution < 1.29 is 34.0 Å². The molecule has 0 aromatic carbocycles. The minimum atomic E-state index is 1.22. The molecular weight excluding hydrogens is 242 g/mol. The van der Waals surface area contributed by atoms with Gasteiger partial charge in [0.2, 0.25) is 0 Å². The van der Waals surface area contributed by atoms with Crippen molar-refractivity contribution in [2.75, 3.05) is 0 Å². The zero-order chi connectivity index (χ0) is 9.40. The fourth-order valence-corrected chi connectivity index (χ4v) is 1.65. The van der Waals surface area contributed by atoms with Crippen LogP contribution in [0.1, 0.15) is 10.4 Å². The molecule has 3 heteroatoms. The van der Waals surface area contributed by atoms with E-state index in [1.165, 1.54) is 16.5 Å². The fourth-order valence-electron chi connectivity index (χ4n) is 0.501. The number of hydrogen-bond donors (Lipinski definition) is 0. The van der Waals surface area contributed by atoms with Crippen molar-refractivity contribution >= 4 is 20.8 Å². The first-order valence-electron chi connectivity index (χ1n) is 3.21. The van der Waals surface area contributed by atoms with E-state index < -0.39 is 0 Å². The normalized spacial score (nSPS) is 7.58. The Bertz CT molecular complexity index is 257. The molecule has 0 saturated heterocycles. The van der Waals surface area contributed by atoms with Gasteiger partial charge in [-0.3, -0.25) is 0 Å². The van der Waals surface area contributed by atoms with Gasteiger partial charge in [0.05, 0.1) is 0 Å². The van der Waals surface area contributed by atoms with E-state index >= 15 is 0 Å². The molecule has 0 saturated carbocycles. The molecular formula is C9H8SV2-2. The quantitative estimate of drug-likeness (QED) is 0.704. The first kappa shape index (κ1) is 12.3. The molecule has 0 aliphatic rings. The molecule has 0 radical (unpaired) electrons. The van der Waals surface area contributed by atoms with Gasteiger partial charge in [0, 0.05) is 0 Å². The summed E-state index contributed by atoms with van der Waals surface area (Å²) < 4.78 is 4.74. The summed E-state index contributed by atoms with van der Waals surface area (Å²) in [7, 11) is 0. The third-order valence-corrected chi connectivity index (χ3v) is 2.56. The van der Waals surface area contributed by atoms with Crippen molar-refractivity contribution in [1.29, 1.82) is 0 Å². The van der Waals surface area contributed by atoms with Crippen molar-refractivity contribution in [2.24, 2.45) is 0 Å². The molecule has 0 atom stereocenters. The van der Waals surface area contributed by atoms with E-state index in [-0.39, 0.29) is 0 Å². The Labute approximate surface area is 95.7 Å². The third kappa shape index (κ3) is 5.08. The molecule has 0 amide bonds. The molecule has 0 aliphatic carbocycles. The Morgan fingerprint density at radius 1 is 1.67 bits per heavy atom. The van der Waals surface area contributed by atoms with Crippen LogP contribution in [0.3, 0.4) is 0 Å². The second kappa shape index (κ2) is 7.97. The molecule has 0 nitrogen and oxygen atoms in total. The van der Waals surface area contributed by atoms with Crippen LogP contribution in [0.4, 0.5) is 0 Å². The van der Waals surface area contributed by atoms with Crippen molar-refractivity contribution in [3.8, 4) is 0 Å². The van der Waals surface area contributed by atoms with Crippen LogP contribution in [0.25, 0.3) is 0 Å². The first-order valence-corrected chi connectivity index (χ1v) is 5.59. The summed E-state index contributed by atoms with van der Waals surface area (Å²) in [6.45, 7) is 6.93. The predicted octanol–water partition coefficient (Wildman–Crippen LogP) is 1.96. The van der Waals surface area contributed by atoms with Crippen LogP contribution in [-0.4, -0.2) is 9.46 Å². The molecule has 1 heterocycles. The van der Waals surface area contributed by atoms with Crippen molar-refractivity contribution in [1.82, 2.24) is 0 Å². The summed E-state index contributed by atoms with van der Waals surface area (Å²) in [6.07, 6.45) is 1.47. The average molecular weight is 250 g/mol. The van der Waals surface area contributed by atoms with E-state index in [0.717, 1.165) is 0 Å². The summed E-state index contributed by atoms with van der Waals surface area (Å²) in [6, 6.07) is 2.07. The van der Waals surface area contributed by atoms with Gasteiger partial charge in [-0.1, -0.05) is 0 Å². The molecule has 0 bridgehead atoms. The number of aryl methyl sites for hydroxylation is 1. The molecule has 62 valence electrons. The summed E-state index contributed by atoms with van der Waals surface area (Å²) in [4.78, 5) is 1.34. The number of allylic oxidation sites excluding steroid dienone is 1. The molecule has 0 unspecified atom stereocenters. The predicted molar refractivity (Wildman–Crippen MR) is 48.1 cm³/mol. The minimum absolute atomic E-state index is 1.22. The van der Waals surface area contributed by atoms with E-state index in [1.807, 2.05) is 0 Å². The Hall–Kier alpha value is 0.349. The van der Waals surface area contributed by atoms with Gasteiger partial charge in [-0.05, 0) is 0 Å². The second-order valence-corrected chi connectivity index (χ2v) is 3.78. The van der Waals surface area contributed by atoms with Crippen LogP contribution < -0.4 is 0 Å². The molecule has 1 aromatic heterocycles. The molecule has 1 aromatic rings. The van der Waals surface area contributed by atoms with Crippen LogP contribution in [0.15, 0.2) is 17.5 Å². The van der Waals surface area contributed by atoms with E-state index in [1.54, 1.807) is 16.1 Å². The van der Waals surface area contributed by atoms with Gasteiger partial charge in [-0.2, -0.15) is 0 Å². The Morgan fingerprint density at radius 2 is 2.25 bits per heavy atom. The SMILES string of the molecule is Cc1sccc1[C-]=[V].[CH-]=C[CH]=[V]. The van der Waals surface area contributed by atoms with Crippen molar-refractivity contribution in [3.63, 3.8) is 0 Å². The Kier molecular flexibility index (Phi) is 8.20. The van der Waals surface area contributed by atoms with E-state index in [0.29, 0.717) is 0 Å². The molecule has 12 heavy (non-hydrogen) atoms. The number of thiophene rings is 1. The summed E-state index contributed by atoms with van der Waals surface area (Å²) in [5, 5.41) is 2.07. The van der Waals surface area contributed by atoms with Gasteiger partial charge in [0.15, 0.2) is 0 Å². The second-order valence-electron chi connectivity index (χ2n) is 1.84. The van der Waals surface area contributed by atoms with Gasteiger partial charge in [-0.25, -0.2) is 0 Å². The topological polar surface area (TPSA) is 0 Å². The van der Waals surface area contributed by atoms with Crippen LogP contribution in [0.5, 0.6) is 0 Å². The molecule has 0 N–H and O–H groups in total. The Morgan fingerprint density at radius 3 is 2.42 bits per heavy atom. The standard InChI is InChI=1S/C6H5S.C3H3.2V/c1-5-3-4-7-6(5)2;1-3-2;;/h3-4H,2H3;1-3H;;/q2*-1;;. The van der Waals surface area contributed by atoms with Crippen LogP contribution in [0.2, 0.25) is 0 Å². The third-order valence-electron chi connectivity index (χ3n) is 1.07. The van der Waals surface area contributed by atoms with Gasteiger partial charge >= 0.3 is 96.2 Å². The van der Waals surface area contributed by atoms with Gasteiger partial charge in [0.25, 0.3) is 0 Å². The monoisotopic (exact) mass is 250 g/mol. The zero-order valence-corrected chi connectivity index (χ0v) is 10.3. The van der Waals surface area contributed by atoms with Crippen molar-refractivity contribution in [3.05, 3.63) is 34.5 Å². The maximum absolute atomic E-state index is 4.83. The van der Waals surface area contributed by atoms with E-state index in [2.05, 4.69) is 57.1 Å². The van der Waals surface area contributed by atoms with E-state index in [9.17, 15) is 0 Å². The Balaban J connectivity index is 0.000000261. The number of hydrogen-bond acceptors (Lipinski definition) is 1. The van der Waals surface area contributed by atoms with Gasteiger partial charge < -0.3 is 0 Å². The first-order chi connectivity index (χ1) is 5.76. The van der Waals surface area contributed by atoms with Crippen LogP contribution >= 0.6 is 11.3 Å². The van der Waals surface area contributed by atoms with Crippen LogP contribution in [-0.2, 0) is 34.0 Å². The van der Waals surface area contributed by atoms with Gasteiger partial charge in [-0.15, -0.1) is 0 Å². The molecule has 0 fully saturated rings. The molecule has 0 aliphatic heterocycles. The maximum atomic E-state index is 4.83. The fraction of sp³-hybridized carbons (Fsp3) is 0.111. The van der Waals surface area contributed by atoms with Crippen LogP contribution in [0, 0.1) is 13.5 Å². The van der Waals surface area contributed by atoms with E-state index in [4.69, 9.17) is 6.58 Å². The van der Waals surface area contributed by atoms with Crippen molar-refractivity contribution in [2.45, 2.75) is 6.92 Å². The van der Waals surface area contributed by atoms with Gasteiger partial charge in [0.1, 0.15) is 0 Å². The number of rotatable bonds is 2. The summed E-state index contributed by atoms with van der Waals surface area (Å²) in [5.41, 5.74) is 1.22. The molecule has 0 spiro atoms. The summed E-state index contributed by atoms with van der Waals surface area (Å²) in [5.74, 6) is 0. The molecule has 1 rings (SSSR count). The summed E-state index contributed by atoms with van der Waals surface area (Å²) >= 11 is 6.33.